The molecule has 1 aliphatic heterocycles. The van der Waals surface area contributed by atoms with Crippen molar-refractivity contribution in [3.63, 3.8) is 0 Å². The highest BCUT2D eigenvalue weighted by molar-refractivity contribution is 5.72. The van der Waals surface area contributed by atoms with E-state index >= 15 is 0 Å². The molecule has 1 saturated heterocycles. The minimum absolute atomic E-state index is 0.0175. The van der Waals surface area contributed by atoms with Crippen molar-refractivity contribution in [2.24, 2.45) is 5.41 Å². The molecule has 0 unspecified atom stereocenters. The Labute approximate surface area is 229 Å². The standard InChI is InChI=1S/C27H30F3N7O3/c1-25(2,3)40-24(38)35-9-8-26(16-35)10-19(11-26)37-23(32)20(12-31)22(34-37)18-13-33-36(15-18)14-17-6-4-5-7-21(17)39-27(28,29)30/h4-7,13,15,19H,8-11,14,16,32H2,1-3H3. The van der Waals surface area contributed by atoms with Crippen molar-refractivity contribution in [2.75, 3.05) is 18.8 Å². The van der Waals surface area contributed by atoms with Crippen molar-refractivity contribution in [2.45, 2.75) is 64.6 Å². The molecule has 212 valence electrons. The first-order valence-corrected chi connectivity index (χ1v) is 12.9. The van der Waals surface area contributed by atoms with Gasteiger partial charge in [0.25, 0.3) is 0 Å². The summed E-state index contributed by atoms with van der Waals surface area (Å²) in [5, 5.41) is 18.7. The first-order valence-electron chi connectivity index (χ1n) is 12.9. The van der Waals surface area contributed by atoms with Crippen LogP contribution in [0.5, 0.6) is 5.75 Å². The summed E-state index contributed by atoms with van der Waals surface area (Å²) < 4.78 is 51.2. The van der Waals surface area contributed by atoms with Crippen LogP contribution in [0.15, 0.2) is 36.7 Å². The second-order valence-electron chi connectivity index (χ2n) is 11.5. The van der Waals surface area contributed by atoms with Gasteiger partial charge in [-0.25, -0.2) is 9.48 Å². The molecule has 5 rings (SSSR count). The van der Waals surface area contributed by atoms with Gasteiger partial charge in [-0.1, -0.05) is 18.2 Å². The SMILES string of the molecule is CC(C)(C)OC(=O)N1CCC2(CC(n3nc(-c4cnn(Cc5ccccc5OC(F)(F)F)c4)c(C#N)c3N)C2)C1. The van der Waals surface area contributed by atoms with E-state index in [1.54, 1.807) is 21.8 Å². The molecule has 1 spiro atoms. The van der Waals surface area contributed by atoms with Crippen LogP contribution < -0.4 is 10.5 Å². The van der Waals surface area contributed by atoms with Gasteiger partial charge in [-0.05, 0) is 51.5 Å². The first kappa shape index (κ1) is 27.4. The molecule has 2 N–H and O–H groups in total. The van der Waals surface area contributed by atoms with E-state index in [9.17, 15) is 23.2 Å². The Kier molecular flexibility index (Phi) is 6.68. The maximum Gasteiger partial charge on any atom is 0.573 e. The molecule has 0 bridgehead atoms. The molecule has 40 heavy (non-hydrogen) atoms. The zero-order chi connectivity index (χ0) is 28.9. The Bertz CT molecular complexity index is 1460. The number of amides is 1. The Hall–Kier alpha value is -4.21. The molecule has 3 heterocycles. The van der Waals surface area contributed by atoms with Crippen molar-refractivity contribution in [1.82, 2.24) is 24.5 Å². The molecule has 2 aromatic heterocycles. The topological polar surface area (TPSA) is 124 Å². The summed E-state index contributed by atoms with van der Waals surface area (Å²) in [6, 6.07) is 7.93. The number of nitrogens with zero attached hydrogens (tertiary/aromatic N) is 6. The van der Waals surface area contributed by atoms with Gasteiger partial charge in [0.1, 0.15) is 34.5 Å². The maximum absolute atomic E-state index is 12.8. The largest absolute Gasteiger partial charge is 0.573 e. The fourth-order valence-corrected chi connectivity index (χ4v) is 5.51. The number of halogens is 3. The molecule has 1 saturated carbocycles. The van der Waals surface area contributed by atoms with Crippen LogP contribution in [0.25, 0.3) is 11.3 Å². The van der Waals surface area contributed by atoms with Crippen LogP contribution in [0, 0.1) is 16.7 Å². The Balaban J connectivity index is 1.30. The number of carbonyl (C=O) groups excluding carboxylic acids is 1. The van der Waals surface area contributed by atoms with Crippen molar-refractivity contribution in [3.05, 3.63) is 47.8 Å². The van der Waals surface area contributed by atoms with E-state index in [0.29, 0.717) is 24.3 Å². The predicted molar refractivity (Wildman–Crippen MR) is 138 cm³/mol. The molecule has 3 aromatic rings. The summed E-state index contributed by atoms with van der Waals surface area (Å²) in [7, 11) is 0. The molecule has 13 heteroatoms. The lowest BCUT2D eigenvalue weighted by Crippen LogP contribution is -2.43. The molecule has 1 aliphatic carbocycles. The molecule has 10 nitrogen and oxygen atoms in total. The lowest BCUT2D eigenvalue weighted by molar-refractivity contribution is -0.274. The van der Waals surface area contributed by atoms with E-state index in [0.717, 1.165) is 19.3 Å². The third-order valence-corrected chi connectivity index (χ3v) is 7.27. The predicted octanol–water partition coefficient (Wildman–Crippen LogP) is 5.11. The number of nitrogen functional groups attached to an aromatic ring is 1. The van der Waals surface area contributed by atoms with Crippen LogP contribution in [0.4, 0.5) is 23.8 Å². The lowest BCUT2D eigenvalue weighted by atomic mass is 9.65. The number of nitriles is 1. The highest BCUT2D eigenvalue weighted by Gasteiger charge is 2.51. The number of hydrogen-bond acceptors (Lipinski definition) is 7. The number of likely N-dealkylation sites (tertiary alicyclic amines) is 1. The summed E-state index contributed by atoms with van der Waals surface area (Å²) in [4.78, 5) is 14.2. The van der Waals surface area contributed by atoms with Gasteiger partial charge >= 0.3 is 12.5 Å². The van der Waals surface area contributed by atoms with Crippen molar-refractivity contribution in [3.8, 4) is 23.1 Å². The van der Waals surface area contributed by atoms with Crippen molar-refractivity contribution >= 4 is 11.9 Å². The summed E-state index contributed by atoms with van der Waals surface area (Å²) in [6.07, 6.45) is 0.353. The van der Waals surface area contributed by atoms with Crippen LogP contribution in [-0.4, -0.2) is 55.6 Å². The minimum atomic E-state index is -4.82. The summed E-state index contributed by atoms with van der Waals surface area (Å²) in [5.41, 5.74) is 7.12. The van der Waals surface area contributed by atoms with E-state index in [-0.39, 0.29) is 46.8 Å². The van der Waals surface area contributed by atoms with Gasteiger partial charge in [-0.2, -0.15) is 15.5 Å². The van der Waals surface area contributed by atoms with Crippen LogP contribution in [0.1, 0.15) is 57.2 Å². The zero-order valence-corrected chi connectivity index (χ0v) is 22.4. The Morgan fingerprint density at radius 1 is 1.25 bits per heavy atom. The lowest BCUT2D eigenvalue weighted by Gasteiger charge is -2.45. The normalized spacial score (nSPS) is 20.8. The number of benzene rings is 1. The number of hydrogen-bond donors (Lipinski definition) is 1. The average molecular weight is 558 g/mol. The molecule has 0 radical (unpaired) electrons. The fraction of sp³-hybridized carbons (Fsp3) is 0.481. The van der Waals surface area contributed by atoms with Crippen LogP contribution in [0.3, 0.4) is 0 Å². The third kappa shape index (κ3) is 5.57. The van der Waals surface area contributed by atoms with E-state index in [1.807, 2.05) is 20.8 Å². The maximum atomic E-state index is 12.8. The molecule has 2 fully saturated rings. The van der Waals surface area contributed by atoms with E-state index in [2.05, 4.69) is 21.0 Å². The van der Waals surface area contributed by atoms with Gasteiger partial charge in [0.05, 0.1) is 18.8 Å². The van der Waals surface area contributed by atoms with E-state index < -0.39 is 12.0 Å². The van der Waals surface area contributed by atoms with Gasteiger partial charge in [-0.15, -0.1) is 13.2 Å². The Morgan fingerprint density at radius 2 is 1.98 bits per heavy atom. The quantitative estimate of drug-likeness (QED) is 0.462. The summed E-state index contributed by atoms with van der Waals surface area (Å²) in [5.74, 6) is -0.0645. The highest BCUT2D eigenvalue weighted by atomic mass is 19.4. The minimum Gasteiger partial charge on any atom is -0.444 e. The van der Waals surface area contributed by atoms with E-state index in [1.165, 1.54) is 29.1 Å². The van der Waals surface area contributed by atoms with Crippen LogP contribution >= 0.6 is 0 Å². The van der Waals surface area contributed by atoms with Crippen LogP contribution in [-0.2, 0) is 11.3 Å². The number of rotatable bonds is 5. The molecular weight excluding hydrogens is 527 g/mol. The monoisotopic (exact) mass is 557 g/mol. The smallest absolute Gasteiger partial charge is 0.444 e. The fourth-order valence-electron chi connectivity index (χ4n) is 5.51. The van der Waals surface area contributed by atoms with Gasteiger partial charge in [0, 0.05) is 30.4 Å². The number of para-hydroxylation sites is 1. The first-order chi connectivity index (χ1) is 18.8. The number of anilines is 1. The number of aromatic nitrogens is 4. The molecule has 1 aromatic carbocycles. The van der Waals surface area contributed by atoms with Gasteiger partial charge in [0.2, 0.25) is 0 Å². The number of carbonyl (C=O) groups is 1. The second-order valence-corrected chi connectivity index (χ2v) is 11.5. The van der Waals surface area contributed by atoms with Crippen molar-refractivity contribution in [1.29, 1.82) is 5.26 Å². The molecule has 0 atom stereocenters. The number of alkyl halides is 3. The van der Waals surface area contributed by atoms with Gasteiger partial charge < -0.3 is 20.1 Å². The summed E-state index contributed by atoms with van der Waals surface area (Å²) >= 11 is 0. The number of ether oxygens (including phenoxy) is 2. The molecule has 1 amide bonds. The van der Waals surface area contributed by atoms with Gasteiger partial charge in [-0.3, -0.25) is 4.68 Å². The van der Waals surface area contributed by atoms with E-state index in [4.69, 9.17) is 10.5 Å². The van der Waals surface area contributed by atoms with Crippen molar-refractivity contribution < 1.29 is 27.4 Å². The highest BCUT2D eigenvalue weighted by Crippen LogP contribution is 2.55. The van der Waals surface area contributed by atoms with Gasteiger partial charge in [0.15, 0.2) is 0 Å². The zero-order valence-electron chi connectivity index (χ0n) is 22.4. The second kappa shape index (κ2) is 9.76. The third-order valence-electron chi connectivity index (χ3n) is 7.27. The number of nitrogens with two attached hydrogens (primary N) is 1. The van der Waals surface area contributed by atoms with Crippen LogP contribution in [0.2, 0.25) is 0 Å². The average Bonchev–Trinajstić information content (AvgIpc) is 3.54. The molecular formula is C27H30F3N7O3. The molecule has 2 aliphatic rings. The summed E-state index contributed by atoms with van der Waals surface area (Å²) in [6.45, 7) is 6.76. The Morgan fingerprint density at radius 3 is 2.65 bits per heavy atom.